The number of rotatable bonds is 8. The van der Waals surface area contributed by atoms with E-state index >= 15 is 0 Å². The second-order valence-electron chi connectivity index (χ2n) is 7.03. The van der Waals surface area contributed by atoms with E-state index in [2.05, 4.69) is 5.32 Å². The summed E-state index contributed by atoms with van der Waals surface area (Å²) in [5.74, 6) is -1.17. The molecule has 3 rings (SSSR count). The van der Waals surface area contributed by atoms with Gasteiger partial charge in [0, 0.05) is 23.8 Å². The topological polar surface area (TPSA) is 111 Å². The lowest BCUT2D eigenvalue weighted by molar-refractivity contribution is -0.155. The molecule has 0 radical (unpaired) electrons. The van der Waals surface area contributed by atoms with Gasteiger partial charge in [-0.3, -0.25) is 4.79 Å². The zero-order valence-electron chi connectivity index (χ0n) is 17.6. The minimum absolute atomic E-state index is 0.0418. The van der Waals surface area contributed by atoms with Gasteiger partial charge in [0.2, 0.25) is 10.0 Å². The van der Waals surface area contributed by atoms with Gasteiger partial charge in [0.25, 0.3) is 5.91 Å². The number of benzene rings is 2. The number of nitrogens with one attached hydrogen (secondary N) is 1. The van der Waals surface area contributed by atoms with Crippen molar-refractivity contribution < 1.29 is 32.2 Å². The van der Waals surface area contributed by atoms with Crippen molar-refractivity contribution in [3.8, 4) is 5.75 Å². The lowest BCUT2D eigenvalue weighted by Crippen LogP contribution is -2.40. The van der Waals surface area contributed by atoms with Gasteiger partial charge in [0.05, 0.1) is 23.1 Å². The average molecular weight is 517 g/mol. The Kier molecular flexibility index (Phi) is 8.55. The van der Waals surface area contributed by atoms with Crippen molar-refractivity contribution in [2.75, 3.05) is 38.2 Å². The van der Waals surface area contributed by atoms with Gasteiger partial charge in [-0.05, 0) is 43.3 Å². The zero-order chi connectivity index (χ0) is 24.0. The predicted molar refractivity (Wildman–Crippen MR) is 122 cm³/mol. The predicted octanol–water partition coefficient (Wildman–Crippen LogP) is 2.96. The number of halogens is 2. The number of sulfonamides is 1. The number of amides is 1. The van der Waals surface area contributed by atoms with Crippen LogP contribution < -0.4 is 10.1 Å². The fraction of sp³-hybridized carbons (Fsp3) is 0.333. The molecule has 0 spiro atoms. The number of ether oxygens (including phenoxy) is 3. The first-order chi connectivity index (χ1) is 15.7. The first-order valence-electron chi connectivity index (χ1n) is 9.93. The molecule has 1 fully saturated rings. The van der Waals surface area contributed by atoms with Gasteiger partial charge in [-0.2, -0.15) is 4.31 Å². The average Bonchev–Trinajstić information content (AvgIpc) is 2.79. The Bertz CT molecular complexity index is 1120. The van der Waals surface area contributed by atoms with E-state index in [1.807, 2.05) is 0 Å². The fourth-order valence-electron chi connectivity index (χ4n) is 2.93. The van der Waals surface area contributed by atoms with Crippen molar-refractivity contribution in [1.82, 2.24) is 4.31 Å². The largest absolute Gasteiger partial charge is 0.480 e. The molecule has 0 aliphatic carbocycles. The fourth-order valence-corrected chi connectivity index (χ4v) is 4.85. The van der Waals surface area contributed by atoms with Crippen LogP contribution in [-0.4, -0.2) is 63.6 Å². The van der Waals surface area contributed by atoms with E-state index in [0.29, 0.717) is 18.2 Å². The number of morpholine rings is 1. The third kappa shape index (κ3) is 6.81. The van der Waals surface area contributed by atoms with Crippen LogP contribution in [0.25, 0.3) is 0 Å². The normalized spacial score (nSPS) is 15.5. The van der Waals surface area contributed by atoms with Crippen LogP contribution in [-0.2, 0) is 29.1 Å². The zero-order valence-corrected chi connectivity index (χ0v) is 20.0. The van der Waals surface area contributed by atoms with Crippen LogP contribution in [0.15, 0.2) is 47.4 Å². The minimum atomic E-state index is -3.72. The standard InChI is InChI=1S/C21H22Cl2N2O7S/c1-14(32-20(26)13-31-19-6-5-15(22)11-18(19)23)21(27)24-16-3-2-4-17(12-16)33(28,29)25-7-9-30-10-8-25/h2-6,11-12,14H,7-10,13H2,1H3,(H,24,27)/t14-/m1/s1. The molecule has 1 aliphatic heterocycles. The maximum Gasteiger partial charge on any atom is 0.344 e. The highest BCUT2D eigenvalue weighted by Gasteiger charge is 2.27. The van der Waals surface area contributed by atoms with Crippen LogP contribution in [0.4, 0.5) is 5.69 Å². The molecule has 33 heavy (non-hydrogen) atoms. The van der Waals surface area contributed by atoms with Gasteiger partial charge in [-0.25, -0.2) is 13.2 Å². The highest BCUT2D eigenvalue weighted by molar-refractivity contribution is 7.89. The van der Waals surface area contributed by atoms with Crippen molar-refractivity contribution in [1.29, 1.82) is 0 Å². The number of esters is 1. The van der Waals surface area contributed by atoms with Gasteiger partial charge < -0.3 is 19.5 Å². The van der Waals surface area contributed by atoms with Crippen molar-refractivity contribution in [3.63, 3.8) is 0 Å². The third-order valence-electron chi connectivity index (χ3n) is 4.63. The summed E-state index contributed by atoms with van der Waals surface area (Å²) in [5.41, 5.74) is 0.251. The smallest absolute Gasteiger partial charge is 0.344 e. The van der Waals surface area contributed by atoms with Gasteiger partial charge in [-0.15, -0.1) is 0 Å². The summed E-state index contributed by atoms with van der Waals surface area (Å²) in [5, 5.41) is 3.20. The van der Waals surface area contributed by atoms with Crippen molar-refractivity contribution in [3.05, 3.63) is 52.5 Å². The van der Waals surface area contributed by atoms with E-state index in [1.54, 1.807) is 6.07 Å². The van der Waals surface area contributed by atoms with E-state index in [-0.39, 0.29) is 34.4 Å². The van der Waals surface area contributed by atoms with Crippen LogP contribution in [0.3, 0.4) is 0 Å². The maximum absolute atomic E-state index is 12.8. The first kappa shape index (κ1) is 25.3. The Hall–Kier alpha value is -2.37. The Morgan fingerprint density at radius 2 is 1.88 bits per heavy atom. The number of anilines is 1. The number of nitrogens with zero attached hydrogens (tertiary/aromatic N) is 1. The Balaban J connectivity index is 1.56. The Labute approximate surface area is 201 Å². The van der Waals surface area contributed by atoms with Crippen molar-refractivity contribution in [2.24, 2.45) is 0 Å². The second-order valence-corrected chi connectivity index (χ2v) is 9.81. The Morgan fingerprint density at radius 3 is 2.58 bits per heavy atom. The van der Waals surface area contributed by atoms with Crippen LogP contribution in [0.5, 0.6) is 5.75 Å². The molecule has 1 N–H and O–H groups in total. The summed E-state index contributed by atoms with van der Waals surface area (Å²) in [4.78, 5) is 24.5. The molecular formula is C21H22Cl2N2O7S. The lowest BCUT2D eigenvalue weighted by atomic mass is 10.3. The third-order valence-corrected chi connectivity index (χ3v) is 7.05. The minimum Gasteiger partial charge on any atom is -0.480 e. The lowest BCUT2D eigenvalue weighted by Gasteiger charge is -2.26. The highest BCUT2D eigenvalue weighted by Crippen LogP contribution is 2.27. The number of carbonyl (C=O) groups is 2. The summed E-state index contributed by atoms with van der Waals surface area (Å²) >= 11 is 11.8. The molecular weight excluding hydrogens is 495 g/mol. The molecule has 1 saturated heterocycles. The molecule has 2 aromatic rings. The number of carbonyl (C=O) groups excluding carboxylic acids is 2. The highest BCUT2D eigenvalue weighted by atomic mass is 35.5. The first-order valence-corrected chi connectivity index (χ1v) is 12.1. The summed E-state index contributed by atoms with van der Waals surface area (Å²) in [7, 11) is -3.72. The van der Waals surface area contributed by atoms with Gasteiger partial charge in [-0.1, -0.05) is 29.3 Å². The molecule has 178 valence electrons. The quantitative estimate of drug-likeness (QED) is 0.536. The van der Waals surface area contributed by atoms with E-state index in [1.165, 1.54) is 47.6 Å². The molecule has 0 unspecified atom stereocenters. The maximum atomic E-state index is 12.8. The molecule has 0 aromatic heterocycles. The van der Waals surface area contributed by atoms with Crippen LogP contribution >= 0.6 is 23.2 Å². The summed E-state index contributed by atoms with van der Waals surface area (Å²) in [6.07, 6.45) is -1.15. The Morgan fingerprint density at radius 1 is 1.15 bits per heavy atom. The number of hydrogen-bond acceptors (Lipinski definition) is 7. The van der Waals surface area contributed by atoms with Gasteiger partial charge in [0.1, 0.15) is 5.75 Å². The van der Waals surface area contributed by atoms with E-state index in [4.69, 9.17) is 37.4 Å². The van der Waals surface area contributed by atoms with Crippen LogP contribution in [0.2, 0.25) is 10.0 Å². The van der Waals surface area contributed by atoms with Gasteiger partial charge in [0.15, 0.2) is 12.7 Å². The van der Waals surface area contributed by atoms with Crippen LogP contribution in [0.1, 0.15) is 6.92 Å². The van der Waals surface area contributed by atoms with Crippen LogP contribution in [0, 0.1) is 0 Å². The van der Waals surface area contributed by atoms with Crippen molar-refractivity contribution >= 4 is 50.8 Å². The molecule has 1 aliphatic rings. The van der Waals surface area contributed by atoms with E-state index in [9.17, 15) is 18.0 Å². The summed E-state index contributed by atoms with van der Waals surface area (Å²) < 4.78 is 42.5. The molecule has 1 amide bonds. The summed E-state index contributed by atoms with van der Waals surface area (Å²) in [6, 6.07) is 10.4. The molecule has 0 saturated carbocycles. The molecule has 0 bridgehead atoms. The second kappa shape index (κ2) is 11.2. The molecule has 12 heteroatoms. The molecule has 1 atom stereocenters. The molecule has 9 nitrogen and oxygen atoms in total. The molecule has 2 aromatic carbocycles. The van der Waals surface area contributed by atoms with E-state index < -0.39 is 34.6 Å². The van der Waals surface area contributed by atoms with Crippen molar-refractivity contribution in [2.45, 2.75) is 17.9 Å². The monoisotopic (exact) mass is 516 g/mol. The van der Waals surface area contributed by atoms with E-state index in [0.717, 1.165) is 0 Å². The SMILES string of the molecule is C[C@@H](OC(=O)COc1ccc(Cl)cc1Cl)C(=O)Nc1cccc(S(=O)(=O)N2CCOCC2)c1. The molecule has 1 heterocycles. The number of hydrogen-bond donors (Lipinski definition) is 1. The summed E-state index contributed by atoms with van der Waals surface area (Å²) in [6.45, 7) is 2.09. The van der Waals surface area contributed by atoms with Gasteiger partial charge >= 0.3 is 5.97 Å².